The molecule has 1 amide bonds. The molecule has 2 N–H and O–H groups in total. The van der Waals surface area contributed by atoms with E-state index in [2.05, 4.69) is 20.6 Å². The Morgan fingerprint density at radius 3 is 2.81 bits per heavy atom. The Balaban J connectivity index is 2.80. The Labute approximate surface area is 99.6 Å². The molecule has 0 aliphatic rings. The number of likely N-dealkylation sites (N-methyl/N-ethyl adjacent to an activating group) is 1. The van der Waals surface area contributed by atoms with Gasteiger partial charge in [0.2, 0.25) is 5.91 Å². The standard InChI is InChI=1S/C10H15ClN4O/c1-4-8-14-7(11)5-9(15-8)13-6(2)10(16)12-3/h5-6H,4H2,1-3H3,(H,12,16)(H,13,14,15). The van der Waals surface area contributed by atoms with Gasteiger partial charge < -0.3 is 10.6 Å². The summed E-state index contributed by atoms with van der Waals surface area (Å²) >= 11 is 5.83. The van der Waals surface area contributed by atoms with Crippen LogP contribution in [-0.4, -0.2) is 29.0 Å². The van der Waals surface area contributed by atoms with Gasteiger partial charge >= 0.3 is 0 Å². The lowest BCUT2D eigenvalue weighted by Crippen LogP contribution is -2.35. The predicted octanol–water partition coefficient (Wildman–Crippen LogP) is 1.24. The van der Waals surface area contributed by atoms with Crippen LogP contribution in [0.25, 0.3) is 0 Å². The van der Waals surface area contributed by atoms with E-state index in [0.29, 0.717) is 23.2 Å². The molecule has 1 heterocycles. The number of carbonyl (C=O) groups is 1. The molecule has 0 bridgehead atoms. The highest BCUT2D eigenvalue weighted by Crippen LogP contribution is 2.12. The molecule has 0 aliphatic carbocycles. The first-order valence-electron chi connectivity index (χ1n) is 5.08. The minimum Gasteiger partial charge on any atom is -0.358 e. The van der Waals surface area contributed by atoms with Crippen LogP contribution in [-0.2, 0) is 11.2 Å². The number of aromatic nitrogens is 2. The summed E-state index contributed by atoms with van der Waals surface area (Å²) in [5.41, 5.74) is 0. The summed E-state index contributed by atoms with van der Waals surface area (Å²) in [6, 6.07) is 1.24. The second kappa shape index (κ2) is 5.65. The van der Waals surface area contributed by atoms with Crippen molar-refractivity contribution in [3.8, 4) is 0 Å². The number of hydrogen-bond acceptors (Lipinski definition) is 4. The quantitative estimate of drug-likeness (QED) is 0.780. The Kier molecular flexibility index (Phi) is 4.49. The molecule has 1 aromatic rings. The van der Waals surface area contributed by atoms with Gasteiger partial charge in [-0.1, -0.05) is 18.5 Å². The average molecular weight is 243 g/mol. The molecule has 1 unspecified atom stereocenters. The van der Waals surface area contributed by atoms with Gasteiger partial charge in [0.25, 0.3) is 0 Å². The van der Waals surface area contributed by atoms with E-state index in [1.165, 1.54) is 0 Å². The summed E-state index contributed by atoms with van der Waals surface area (Å²) in [6.07, 6.45) is 0.698. The molecule has 5 nitrogen and oxygen atoms in total. The maximum absolute atomic E-state index is 11.3. The topological polar surface area (TPSA) is 66.9 Å². The van der Waals surface area contributed by atoms with Crippen LogP contribution < -0.4 is 10.6 Å². The highest BCUT2D eigenvalue weighted by Gasteiger charge is 2.11. The van der Waals surface area contributed by atoms with E-state index < -0.39 is 0 Å². The van der Waals surface area contributed by atoms with E-state index in [1.54, 1.807) is 20.0 Å². The smallest absolute Gasteiger partial charge is 0.241 e. The molecule has 0 saturated carbocycles. The monoisotopic (exact) mass is 242 g/mol. The molecule has 0 aromatic carbocycles. The predicted molar refractivity (Wildman–Crippen MR) is 63.6 cm³/mol. The third-order valence-corrected chi connectivity index (χ3v) is 2.26. The third-order valence-electron chi connectivity index (χ3n) is 2.06. The fourth-order valence-electron chi connectivity index (χ4n) is 1.20. The Morgan fingerprint density at radius 1 is 1.56 bits per heavy atom. The third kappa shape index (κ3) is 3.34. The molecule has 1 atom stereocenters. The summed E-state index contributed by atoms with van der Waals surface area (Å²) < 4.78 is 0. The van der Waals surface area contributed by atoms with Gasteiger partial charge in [-0.2, -0.15) is 0 Å². The molecular weight excluding hydrogens is 228 g/mol. The number of anilines is 1. The lowest BCUT2D eigenvalue weighted by Gasteiger charge is -2.13. The number of rotatable bonds is 4. The van der Waals surface area contributed by atoms with Crippen molar-refractivity contribution in [3.63, 3.8) is 0 Å². The van der Waals surface area contributed by atoms with Gasteiger partial charge in [-0.15, -0.1) is 0 Å². The van der Waals surface area contributed by atoms with Crippen LogP contribution in [0.1, 0.15) is 19.7 Å². The van der Waals surface area contributed by atoms with Gasteiger partial charge in [0, 0.05) is 19.5 Å². The van der Waals surface area contributed by atoms with Crippen molar-refractivity contribution in [3.05, 3.63) is 17.0 Å². The molecule has 6 heteroatoms. The number of carbonyl (C=O) groups excluding carboxylic acids is 1. The SMILES string of the molecule is CCc1nc(Cl)cc(NC(C)C(=O)NC)n1. The minimum atomic E-state index is -0.360. The maximum Gasteiger partial charge on any atom is 0.241 e. The molecule has 0 aliphatic heterocycles. The Hall–Kier alpha value is -1.36. The van der Waals surface area contributed by atoms with Crippen molar-refractivity contribution in [2.24, 2.45) is 0 Å². The molecule has 0 radical (unpaired) electrons. The number of hydrogen-bond donors (Lipinski definition) is 2. The second-order valence-electron chi connectivity index (χ2n) is 3.33. The van der Waals surface area contributed by atoms with E-state index in [0.717, 1.165) is 0 Å². The number of halogens is 1. The lowest BCUT2D eigenvalue weighted by molar-refractivity contribution is -0.121. The molecule has 16 heavy (non-hydrogen) atoms. The van der Waals surface area contributed by atoms with Gasteiger partial charge in [0.15, 0.2) is 0 Å². The van der Waals surface area contributed by atoms with Crippen LogP contribution >= 0.6 is 11.6 Å². The number of amides is 1. The van der Waals surface area contributed by atoms with Crippen molar-refractivity contribution in [1.82, 2.24) is 15.3 Å². The highest BCUT2D eigenvalue weighted by atomic mass is 35.5. The fourth-order valence-corrected chi connectivity index (χ4v) is 1.40. The van der Waals surface area contributed by atoms with Crippen LogP contribution in [0.2, 0.25) is 5.15 Å². The molecule has 88 valence electrons. The van der Waals surface area contributed by atoms with E-state index >= 15 is 0 Å². The molecular formula is C10H15ClN4O. The lowest BCUT2D eigenvalue weighted by atomic mass is 10.3. The first-order chi connectivity index (χ1) is 7.56. The van der Waals surface area contributed by atoms with Crippen LogP contribution in [0, 0.1) is 0 Å². The zero-order valence-electron chi connectivity index (χ0n) is 9.54. The van der Waals surface area contributed by atoms with E-state index in [9.17, 15) is 4.79 Å². The number of nitrogens with zero attached hydrogens (tertiary/aromatic N) is 2. The molecule has 0 spiro atoms. The van der Waals surface area contributed by atoms with Crippen molar-refractivity contribution in [1.29, 1.82) is 0 Å². The molecule has 0 fully saturated rings. The van der Waals surface area contributed by atoms with Gasteiger partial charge in [-0.3, -0.25) is 4.79 Å². The Morgan fingerprint density at radius 2 is 2.25 bits per heavy atom. The van der Waals surface area contributed by atoms with Gasteiger partial charge in [-0.05, 0) is 6.92 Å². The van der Waals surface area contributed by atoms with Crippen LogP contribution in [0.5, 0.6) is 0 Å². The van der Waals surface area contributed by atoms with Crippen molar-refractivity contribution in [2.75, 3.05) is 12.4 Å². The summed E-state index contributed by atoms with van der Waals surface area (Å²) in [5, 5.41) is 5.88. The average Bonchev–Trinajstić information content (AvgIpc) is 2.26. The van der Waals surface area contributed by atoms with Gasteiger partial charge in [-0.25, -0.2) is 9.97 Å². The first kappa shape index (κ1) is 12.7. The minimum absolute atomic E-state index is 0.104. The molecule has 1 rings (SSSR count). The second-order valence-corrected chi connectivity index (χ2v) is 3.71. The van der Waals surface area contributed by atoms with Crippen molar-refractivity contribution in [2.45, 2.75) is 26.3 Å². The normalized spacial score (nSPS) is 12.0. The zero-order valence-corrected chi connectivity index (χ0v) is 10.3. The van der Waals surface area contributed by atoms with E-state index in [-0.39, 0.29) is 11.9 Å². The van der Waals surface area contributed by atoms with Crippen LogP contribution in [0.3, 0.4) is 0 Å². The first-order valence-corrected chi connectivity index (χ1v) is 5.46. The van der Waals surface area contributed by atoms with Gasteiger partial charge in [0.1, 0.15) is 22.8 Å². The molecule has 0 saturated heterocycles. The van der Waals surface area contributed by atoms with Gasteiger partial charge in [0.05, 0.1) is 0 Å². The van der Waals surface area contributed by atoms with Crippen LogP contribution in [0.15, 0.2) is 6.07 Å². The Bertz CT molecular complexity index is 383. The van der Waals surface area contributed by atoms with Crippen LogP contribution in [0.4, 0.5) is 5.82 Å². The largest absolute Gasteiger partial charge is 0.358 e. The number of nitrogens with one attached hydrogen (secondary N) is 2. The van der Waals surface area contributed by atoms with E-state index in [4.69, 9.17) is 11.6 Å². The zero-order chi connectivity index (χ0) is 12.1. The number of aryl methyl sites for hydroxylation is 1. The fraction of sp³-hybridized carbons (Fsp3) is 0.500. The summed E-state index contributed by atoms with van der Waals surface area (Å²) in [5.74, 6) is 1.11. The summed E-state index contributed by atoms with van der Waals surface area (Å²) in [4.78, 5) is 19.6. The molecule has 1 aromatic heterocycles. The summed E-state index contributed by atoms with van der Waals surface area (Å²) in [6.45, 7) is 3.69. The maximum atomic E-state index is 11.3. The van der Waals surface area contributed by atoms with Crippen molar-refractivity contribution < 1.29 is 4.79 Å². The van der Waals surface area contributed by atoms with Crippen molar-refractivity contribution >= 4 is 23.3 Å². The highest BCUT2D eigenvalue weighted by molar-refractivity contribution is 6.29. The summed E-state index contributed by atoms with van der Waals surface area (Å²) in [7, 11) is 1.59. The van der Waals surface area contributed by atoms with E-state index in [1.807, 2.05) is 6.92 Å².